The van der Waals surface area contributed by atoms with Gasteiger partial charge in [0.1, 0.15) is 11.8 Å². The lowest BCUT2D eigenvalue weighted by atomic mass is 10.1. The van der Waals surface area contributed by atoms with Crippen LogP contribution in [-0.4, -0.2) is 19.2 Å². The van der Waals surface area contributed by atoms with Gasteiger partial charge in [-0.05, 0) is 30.3 Å². The van der Waals surface area contributed by atoms with Gasteiger partial charge in [-0.15, -0.1) is 0 Å². The number of rotatable bonds is 2. The predicted molar refractivity (Wildman–Crippen MR) is 117 cm³/mol. The van der Waals surface area contributed by atoms with E-state index in [-0.39, 0.29) is 0 Å². The number of benzene rings is 3. The number of imidazole rings is 1. The molecule has 140 valence electrons. The fraction of sp³-hybridized carbons (Fsp3) is 0. The minimum Gasteiger partial charge on any atom is -0.275 e. The Balaban J connectivity index is 1.87. The number of hydrogen-bond donors (Lipinski definition) is 0. The predicted octanol–water partition coefficient (Wildman–Crippen LogP) is 5.37. The second-order valence-electron chi connectivity index (χ2n) is 7.13. The Kier molecular flexibility index (Phi) is 3.47. The maximum Gasteiger partial charge on any atom is 0.157 e. The third kappa shape index (κ3) is 2.28. The summed E-state index contributed by atoms with van der Waals surface area (Å²) in [5.74, 6) is 0. The zero-order chi connectivity index (χ0) is 20.1. The second-order valence-corrected chi connectivity index (χ2v) is 7.13. The van der Waals surface area contributed by atoms with E-state index in [1.54, 1.807) is 0 Å². The van der Waals surface area contributed by atoms with E-state index in [1.807, 2.05) is 95.7 Å². The molecule has 6 aromatic rings. The summed E-state index contributed by atoms with van der Waals surface area (Å²) in [6.07, 6.45) is 0. The second kappa shape index (κ2) is 6.29. The molecule has 0 atom stereocenters. The maximum atomic E-state index is 9.87. The fourth-order valence-corrected chi connectivity index (χ4v) is 4.04. The highest BCUT2D eigenvalue weighted by atomic mass is 15.3. The minimum absolute atomic E-state index is 0.531. The number of nitrogens with zero attached hydrogens (tertiary/aromatic N) is 5. The zero-order valence-electron chi connectivity index (χ0n) is 15.9. The highest BCUT2D eigenvalue weighted by Gasteiger charge is 2.21. The first kappa shape index (κ1) is 16.5. The first-order chi connectivity index (χ1) is 14.8. The summed E-state index contributed by atoms with van der Waals surface area (Å²) in [4.78, 5) is 4.75. The Morgan fingerprint density at radius 3 is 2.27 bits per heavy atom. The van der Waals surface area contributed by atoms with E-state index in [2.05, 4.69) is 10.5 Å². The Hall–Kier alpha value is -4.43. The summed E-state index contributed by atoms with van der Waals surface area (Å²) < 4.78 is 4.00. The summed E-state index contributed by atoms with van der Waals surface area (Å²) in [6, 6.07) is 32.3. The molecule has 0 saturated carbocycles. The average molecular weight is 385 g/mol. The molecule has 0 aliphatic carbocycles. The van der Waals surface area contributed by atoms with Gasteiger partial charge in [-0.25, -0.2) is 9.67 Å². The van der Waals surface area contributed by atoms with Crippen molar-refractivity contribution >= 4 is 27.7 Å². The lowest BCUT2D eigenvalue weighted by Gasteiger charge is -2.06. The van der Waals surface area contributed by atoms with Crippen LogP contribution in [0, 0.1) is 11.3 Å². The number of aromatic nitrogens is 4. The number of hydrogen-bond acceptors (Lipinski definition) is 3. The molecular formula is C25H15N5. The van der Waals surface area contributed by atoms with Gasteiger partial charge in [-0.2, -0.15) is 10.4 Å². The van der Waals surface area contributed by atoms with Gasteiger partial charge in [0, 0.05) is 10.9 Å². The van der Waals surface area contributed by atoms with Crippen molar-refractivity contribution in [1.29, 1.82) is 5.26 Å². The van der Waals surface area contributed by atoms with Crippen LogP contribution >= 0.6 is 0 Å². The Morgan fingerprint density at radius 2 is 1.50 bits per heavy atom. The van der Waals surface area contributed by atoms with Crippen molar-refractivity contribution in [2.75, 3.05) is 0 Å². The van der Waals surface area contributed by atoms with Crippen molar-refractivity contribution in [3.8, 4) is 23.0 Å². The smallest absolute Gasteiger partial charge is 0.157 e. The Morgan fingerprint density at radius 1 is 0.800 bits per heavy atom. The normalized spacial score (nSPS) is 11.3. The molecule has 6 rings (SSSR count). The molecule has 0 N–H and O–H groups in total. The highest BCUT2D eigenvalue weighted by Crippen LogP contribution is 2.34. The van der Waals surface area contributed by atoms with Crippen molar-refractivity contribution in [1.82, 2.24) is 19.2 Å². The molecule has 5 nitrogen and oxygen atoms in total. The monoisotopic (exact) mass is 385 g/mol. The van der Waals surface area contributed by atoms with E-state index in [0.29, 0.717) is 11.2 Å². The van der Waals surface area contributed by atoms with Crippen LogP contribution in [0.2, 0.25) is 0 Å². The van der Waals surface area contributed by atoms with Gasteiger partial charge >= 0.3 is 0 Å². The summed E-state index contributed by atoms with van der Waals surface area (Å²) >= 11 is 0. The molecule has 0 aliphatic rings. The molecule has 0 unspecified atom stereocenters. The topological polar surface area (TPSA) is 58.9 Å². The first-order valence-electron chi connectivity index (χ1n) is 9.69. The quantitative estimate of drug-likeness (QED) is 0.403. The number of pyridine rings is 1. The first-order valence-corrected chi connectivity index (χ1v) is 9.69. The molecule has 0 bridgehead atoms. The molecule has 0 amide bonds. The molecule has 30 heavy (non-hydrogen) atoms. The van der Waals surface area contributed by atoms with Gasteiger partial charge in [0.15, 0.2) is 11.3 Å². The van der Waals surface area contributed by atoms with E-state index in [4.69, 9.17) is 10.1 Å². The van der Waals surface area contributed by atoms with Gasteiger partial charge in [0.05, 0.1) is 22.3 Å². The lowest BCUT2D eigenvalue weighted by molar-refractivity contribution is 0.895. The standard InChI is InChI=1S/C25H15N5/c26-16-18-15-20-23(17-9-3-1-4-10-17)28-30(19-11-5-2-6-12-19)25(20)29-22-14-8-7-13-21(22)27-24(18)29/h1-15H. The average Bonchev–Trinajstić information content (AvgIpc) is 3.38. The summed E-state index contributed by atoms with van der Waals surface area (Å²) in [7, 11) is 0. The largest absolute Gasteiger partial charge is 0.275 e. The van der Waals surface area contributed by atoms with Crippen LogP contribution in [0.5, 0.6) is 0 Å². The SMILES string of the molecule is N#Cc1cc2c(-c3ccccc3)nn(-c3ccccc3)c2n2c1nc1ccccc12. The third-order valence-corrected chi connectivity index (χ3v) is 5.37. The van der Waals surface area contributed by atoms with Crippen LogP contribution in [0.1, 0.15) is 5.56 Å². The lowest BCUT2D eigenvalue weighted by Crippen LogP contribution is -2.01. The molecule has 0 radical (unpaired) electrons. The summed E-state index contributed by atoms with van der Waals surface area (Å²) in [6.45, 7) is 0. The zero-order valence-corrected chi connectivity index (χ0v) is 15.9. The molecular weight excluding hydrogens is 370 g/mol. The van der Waals surface area contributed by atoms with Gasteiger partial charge < -0.3 is 0 Å². The minimum atomic E-state index is 0.531. The maximum absolute atomic E-state index is 9.87. The van der Waals surface area contributed by atoms with Gasteiger partial charge in [-0.1, -0.05) is 60.7 Å². The van der Waals surface area contributed by atoms with Crippen LogP contribution in [0.4, 0.5) is 0 Å². The van der Waals surface area contributed by atoms with Crippen molar-refractivity contribution in [2.24, 2.45) is 0 Å². The molecule has 0 saturated heterocycles. The van der Waals surface area contributed by atoms with Crippen molar-refractivity contribution in [3.05, 3.63) is 96.6 Å². The molecule has 0 spiro atoms. The number of nitriles is 1. The molecule has 0 aliphatic heterocycles. The van der Waals surface area contributed by atoms with Crippen LogP contribution in [0.3, 0.4) is 0 Å². The highest BCUT2D eigenvalue weighted by molar-refractivity contribution is 5.98. The van der Waals surface area contributed by atoms with Crippen LogP contribution in [0.25, 0.3) is 44.7 Å². The number of para-hydroxylation sites is 3. The van der Waals surface area contributed by atoms with E-state index in [0.717, 1.165) is 39.0 Å². The van der Waals surface area contributed by atoms with E-state index in [9.17, 15) is 5.26 Å². The third-order valence-electron chi connectivity index (χ3n) is 5.37. The van der Waals surface area contributed by atoms with E-state index in [1.165, 1.54) is 0 Å². The van der Waals surface area contributed by atoms with Crippen molar-refractivity contribution < 1.29 is 0 Å². The van der Waals surface area contributed by atoms with Crippen LogP contribution < -0.4 is 0 Å². The summed E-state index contributed by atoms with van der Waals surface area (Å²) in [5, 5.41) is 15.8. The molecule has 0 fully saturated rings. The van der Waals surface area contributed by atoms with Crippen molar-refractivity contribution in [2.45, 2.75) is 0 Å². The van der Waals surface area contributed by atoms with Crippen LogP contribution in [0.15, 0.2) is 91.0 Å². The molecule has 5 heteroatoms. The molecule has 3 aromatic heterocycles. The van der Waals surface area contributed by atoms with Crippen LogP contribution in [-0.2, 0) is 0 Å². The summed E-state index contributed by atoms with van der Waals surface area (Å²) in [5.41, 5.74) is 6.66. The van der Waals surface area contributed by atoms with Gasteiger partial charge in [0.2, 0.25) is 0 Å². The van der Waals surface area contributed by atoms with E-state index < -0.39 is 0 Å². The Bertz CT molecular complexity index is 1590. The van der Waals surface area contributed by atoms with E-state index >= 15 is 0 Å². The van der Waals surface area contributed by atoms with Crippen molar-refractivity contribution in [3.63, 3.8) is 0 Å². The number of fused-ring (bicyclic) bond motifs is 5. The molecule has 3 aromatic carbocycles. The van der Waals surface area contributed by atoms with Gasteiger partial charge in [-0.3, -0.25) is 4.40 Å². The fourth-order valence-electron chi connectivity index (χ4n) is 4.04. The van der Waals surface area contributed by atoms with Gasteiger partial charge in [0.25, 0.3) is 0 Å². The Labute approximate surface area is 172 Å². The molecule has 3 heterocycles.